The van der Waals surface area contributed by atoms with E-state index in [0.29, 0.717) is 16.0 Å². The van der Waals surface area contributed by atoms with Crippen LogP contribution in [0, 0.1) is 0 Å². The lowest BCUT2D eigenvalue weighted by Crippen LogP contribution is -2.34. The Morgan fingerprint density at radius 2 is 1.71 bits per heavy atom. The molecule has 1 aromatic carbocycles. The van der Waals surface area contributed by atoms with Gasteiger partial charge in [-0.2, -0.15) is 0 Å². The normalized spacial score (nSPS) is 15.5. The molecule has 0 fully saturated rings. The summed E-state index contributed by atoms with van der Waals surface area (Å²) < 4.78 is 1.25. The van der Waals surface area contributed by atoms with E-state index in [1.165, 1.54) is 60.8 Å². The zero-order chi connectivity index (χ0) is 21.5. The Labute approximate surface area is 185 Å². The zero-order valence-electron chi connectivity index (χ0n) is 17.7. The fourth-order valence-electron chi connectivity index (χ4n) is 3.97. The van der Waals surface area contributed by atoms with E-state index in [1.807, 2.05) is 6.07 Å². The second-order valence-corrected chi connectivity index (χ2v) is 9.12. The second kappa shape index (κ2) is 10.5. The third kappa shape index (κ3) is 5.70. The van der Waals surface area contributed by atoms with Gasteiger partial charge in [-0.15, -0.1) is 11.3 Å². The maximum absolute atomic E-state index is 12.5. The Hall–Kier alpha value is -2.74. The monoisotopic (exact) mass is 439 g/mol. The van der Waals surface area contributed by atoms with Crippen LogP contribution in [0.2, 0.25) is 0 Å². The summed E-state index contributed by atoms with van der Waals surface area (Å²) in [6.07, 6.45) is 13.6. The number of aromatic nitrogens is 3. The highest BCUT2D eigenvalue weighted by Gasteiger charge is 2.14. The molecule has 0 saturated heterocycles. The van der Waals surface area contributed by atoms with E-state index in [0.717, 1.165) is 25.0 Å². The molecule has 3 aromatic rings. The average molecular weight is 440 g/mol. The fraction of sp³-hybridized carbons (Fsp3) is 0.478. The van der Waals surface area contributed by atoms with Gasteiger partial charge in [0.05, 0.1) is 16.6 Å². The topological polar surface area (TPSA) is 88.9 Å². The van der Waals surface area contributed by atoms with Crippen LogP contribution in [0.25, 0.3) is 10.9 Å². The lowest BCUT2D eigenvalue weighted by Gasteiger charge is -2.09. The van der Waals surface area contributed by atoms with Gasteiger partial charge in [-0.05, 0) is 37.8 Å². The molecule has 164 valence electrons. The number of hydrogen-bond acceptors (Lipinski definition) is 6. The number of rotatable bonds is 4. The number of carbonyl (C=O) groups excluding carboxylic acids is 1. The van der Waals surface area contributed by atoms with Gasteiger partial charge >= 0.3 is 0 Å². The van der Waals surface area contributed by atoms with Crippen molar-refractivity contribution in [1.82, 2.24) is 14.6 Å². The first-order valence-electron chi connectivity index (χ1n) is 11.2. The van der Waals surface area contributed by atoms with Gasteiger partial charge in [0, 0.05) is 4.88 Å². The lowest BCUT2D eigenvalue weighted by atomic mass is 10.0. The number of nitrogens with one attached hydrogen (secondary N) is 2. The number of hydrogen-bond donors (Lipinski definition) is 2. The Kier molecular flexibility index (Phi) is 7.30. The highest BCUT2D eigenvalue weighted by atomic mass is 32.1. The highest BCUT2D eigenvalue weighted by Crippen LogP contribution is 2.27. The van der Waals surface area contributed by atoms with Crippen molar-refractivity contribution in [3.05, 3.63) is 51.5 Å². The van der Waals surface area contributed by atoms with Gasteiger partial charge in [-0.3, -0.25) is 9.59 Å². The third-order valence-electron chi connectivity index (χ3n) is 5.67. The van der Waals surface area contributed by atoms with Crippen LogP contribution < -0.4 is 16.3 Å². The number of fused-ring (bicyclic) bond motifs is 2. The summed E-state index contributed by atoms with van der Waals surface area (Å²) >= 11 is 1.59. The largest absolute Gasteiger partial charge is 0.312 e. The summed E-state index contributed by atoms with van der Waals surface area (Å²) in [5.74, 6) is -0.232. The molecule has 0 aliphatic heterocycles. The molecule has 4 rings (SSSR count). The molecule has 8 heteroatoms. The Bertz CT molecular complexity index is 1060. The van der Waals surface area contributed by atoms with Crippen LogP contribution in [-0.2, 0) is 17.6 Å². The molecule has 2 heterocycles. The standard InChI is InChI=1S/C23H29N5O2S/c29-21(15-25-28-16-24-18-12-10-9-11-17(18)22(28)30)27-23-26-19-13-7-5-3-1-2-4-6-8-14-20(19)31-23/h9-12,16,25H,1-8,13-15H2,(H,26,27,29). The van der Waals surface area contributed by atoms with Crippen molar-refractivity contribution < 1.29 is 4.79 Å². The predicted molar refractivity (Wildman–Crippen MR) is 125 cm³/mol. The molecule has 0 saturated carbocycles. The van der Waals surface area contributed by atoms with Crippen LogP contribution in [0.1, 0.15) is 61.9 Å². The Balaban J connectivity index is 1.38. The molecule has 0 unspecified atom stereocenters. The van der Waals surface area contributed by atoms with Crippen LogP contribution in [0.4, 0.5) is 5.13 Å². The first-order valence-corrected chi connectivity index (χ1v) is 12.0. The van der Waals surface area contributed by atoms with E-state index in [1.54, 1.807) is 29.5 Å². The summed E-state index contributed by atoms with van der Waals surface area (Å²) in [7, 11) is 0. The molecule has 2 N–H and O–H groups in total. The van der Waals surface area contributed by atoms with Crippen molar-refractivity contribution in [2.75, 3.05) is 17.3 Å². The minimum atomic E-state index is -0.232. The minimum absolute atomic E-state index is 0.0375. The van der Waals surface area contributed by atoms with Gasteiger partial charge in [0.25, 0.3) is 5.56 Å². The molecule has 2 aromatic heterocycles. The molecule has 0 bridgehead atoms. The number of para-hydroxylation sites is 1. The number of anilines is 1. The summed E-state index contributed by atoms with van der Waals surface area (Å²) in [6.45, 7) is -0.0375. The van der Waals surface area contributed by atoms with Crippen molar-refractivity contribution in [2.24, 2.45) is 0 Å². The number of benzene rings is 1. The maximum atomic E-state index is 12.5. The third-order valence-corrected chi connectivity index (χ3v) is 6.74. The summed E-state index contributed by atoms with van der Waals surface area (Å²) in [4.78, 5) is 35.3. The van der Waals surface area contributed by atoms with E-state index in [4.69, 9.17) is 4.98 Å². The SMILES string of the molecule is O=C(CNn1cnc2ccccc2c1=O)Nc1nc2c(s1)CCCCCCCCCC2. The fourth-order valence-corrected chi connectivity index (χ4v) is 5.03. The molecule has 31 heavy (non-hydrogen) atoms. The molecular formula is C23H29N5O2S. The molecule has 7 nitrogen and oxygen atoms in total. The van der Waals surface area contributed by atoms with Crippen LogP contribution in [-0.4, -0.2) is 27.1 Å². The highest BCUT2D eigenvalue weighted by molar-refractivity contribution is 7.15. The first-order chi connectivity index (χ1) is 15.2. The number of amides is 1. The van der Waals surface area contributed by atoms with E-state index >= 15 is 0 Å². The van der Waals surface area contributed by atoms with E-state index in [2.05, 4.69) is 15.7 Å². The quantitative estimate of drug-likeness (QED) is 0.634. The predicted octanol–water partition coefficient (Wildman–Crippen LogP) is 4.25. The van der Waals surface area contributed by atoms with Crippen molar-refractivity contribution in [3.63, 3.8) is 0 Å². The molecule has 0 atom stereocenters. The number of carbonyl (C=O) groups is 1. The van der Waals surface area contributed by atoms with Crippen LogP contribution in [0.3, 0.4) is 0 Å². The molecule has 0 radical (unpaired) electrons. The van der Waals surface area contributed by atoms with Gasteiger partial charge in [0.1, 0.15) is 12.9 Å². The van der Waals surface area contributed by atoms with Gasteiger partial charge in [-0.25, -0.2) is 14.6 Å². The molecular weight excluding hydrogens is 410 g/mol. The number of thiazole rings is 1. The smallest absolute Gasteiger partial charge is 0.279 e. The van der Waals surface area contributed by atoms with Crippen LogP contribution >= 0.6 is 11.3 Å². The van der Waals surface area contributed by atoms with Crippen molar-refractivity contribution in [1.29, 1.82) is 0 Å². The zero-order valence-corrected chi connectivity index (χ0v) is 18.5. The molecule has 1 amide bonds. The second-order valence-electron chi connectivity index (χ2n) is 8.04. The summed E-state index contributed by atoms with van der Waals surface area (Å²) in [6, 6.07) is 7.15. The van der Waals surface area contributed by atoms with Crippen LogP contribution in [0.15, 0.2) is 35.4 Å². The van der Waals surface area contributed by atoms with Crippen molar-refractivity contribution >= 4 is 33.3 Å². The molecule has 1 aliphatic carbocycles. The number of nitrogens with zero attached hydrogens (tertiary/aromatic N) is 3. The van der Waals surface area contributed by atoms with Gasteiger partial charge in [0.2, 0.25) is 5.91 Å². The van der Waals surface area contributed by atoms with Gasteiger partial charge in [0.15, 0.2) is 5.13 Å². The van der Waals surface area contributed by atoms with Gasteiger partial charge < -0.3 is 10.7 Å². The molecule has 0 spiro atoms. The summed E-state index contributed by atoms with van der Waals surface area (Å²) in [5.41, 5.74) is 4.39. The van der Waals surface area contributed by atoms with Crippen LogP contribution in [0.5, 0.6) is 0 Å². The summed E-state index contributed by atoms with van der Waals surface area (Å²) in [5, 5.41) is 4.05. The average Bonchev–Trinajstić information content (AvgIpc) is 3.14. The minimum Gasteiger partial charge on any atom is -0.312 e. The van der Waals surface area contributed by atoms with E-state index in [-0.39, 0.29) is 18.0 Å². The van der Waals surface area contributed by atoms with Crippen molar-refractivity contribution in [2.45, 2.75) is 64.2 Å². The maximum Gasteiger partial charge on any atom is 0.279 e. The van der Waals surface area contributed by atoms with Gasteiger partial charge in [-0.1, -0.05) is 50.7 Å². The Morgan fingerprint density at radius 3 is 2.52 bits per heavy atom. The Morgan fingerprint density at radius 1 is 1.00 bits per heavy atom. The first kappa shape index (κ1) is 21.5. The van der Waals surface area contributed by atoms with Crippen molar-refractivity contribution in [3.8, 4) is 0 Å². The molecule has 1 aliphatic rings. The van der Waals surface area contributed by atoms with E-state index < -0.39 is 0 Å². The number of aryl methyl sites for hydroxylation is 2. The van der Waals surface area contributed by atoms with E-state index in [9.17, 15) is 9.59 Å². The lowest BCUT2D eigenvalue weighted by molar-refractivity contribution is -0.114.